The van der Waals surface area contributed by atoms with E-state index in [9.17, 15) is 9.59 Å². The maximum Gasteiger partial charge on any atom is 0.317 e. The van der Waals surface area contributed by atoms with Gasteiger partial charge in [-0.3, -0.25) is 4.79 Å². The lowest BCUT2D eigenvalue weighted by Gasteiger charge is -2.41. The maximum atomic E-state index is 11.9. The highest BCUT2D eigenvalue weighted by atomic mass is 16.4. The number of nitrogens with one attached hydrogen (secondary N) is 1. The van der Waals surface area contributed by atoms with E-state index in [1.54, 1.807) is 4.90 Å². The molecule has 0 radical (unpaired) electrons. The van der Waals surface area contributed by atoms with Crippen LogP contribution in [0.2, 0.25) is 0 Å². The molecule has 1 saturated heterocycles. The minimum atomic E-state index is -0.797. The summed E-state index contributed by atoms with van der Waals surface area (Å²) >= 11 is 0. The van der Waals surface area contributed by atoms with Crippen molar-refractivity contribution >= 4 is 12.0 Å². The second-order valence-corrected chi connectivity index (χ2v) is 5.64. The Morgan fingerprint density at radius 2 is 2.17 bits per heavy atom. The van der Waals surface area contributed by atoms with Crippen molar-refractivity contribution in [3.63, 3.8) is 0 Å². The maximum absolute atomic E-state index is 11.9. The molecule has 0 aromatic carbocycles. The Balaban J connectivity index is 1.77. The molecule has 0 spiro atoms. The molecule has 1 saturated carbocycles. The van der Waals surface area contributed by atoms with E-state index in [1.807, 2.05) is 0 Å². The zero-order valence-corrected chi connectivity index (χ0v) is 10.9. The van der Waals surface area contributed by atoms with Crippen molar-refractivity contribution in [2.45, 2.75) is 39.0 Å². The first kappa shape index (κ1) is 13.2. The lowest BCUT2D eigenvalue weighted by Crippen LogP contribution is -2.46. The Kier molecular flexibility index (Phi) is 3.78. The fourth-order valence-corrected chi connectivity index (χ4v) is 2.85. The lowest BCUT2D eigenvalue weighted by molar-refractivity contribution is -0.141. The standard InChI is InChI=1S/C13H22N2O3/c1-2-13(5-3-6-13)9-14-12(18)15-7-4-10(8-15)11(16)17/h10H,2-9H2,1H3,(H,14,18)(H,16,17). The molecule has 1 aliphatic carbocycles. The summed E-state index contributed by atoms with van der Waals surface area (Å²) in [5, 5.41) is 11.9. The second kappa shape index (κ2) is 5.16. The number of nitrogens with zero attached hydrogens (tertiary/aromatic N) is 1. The molecule has 2 amide bonds. The number of likely N-dealkylation sites (tertiary alicyclic amines) is 1. The van der Waals surface area contributed by atoms with Gasteiger partial charge < -0.3 is 15.3 Å². The average molecular weight is 254 g/mol. The van der Waals surface area contributed by atoms with E-state index in [1.165, 1.54) is 19.3 Å². The number of aliphatic carboxylic acids is 1. The van der Waals surface area contributed by atoms with E-state index in [0.29, 0.717) is 24.9 Å². The SMILES string of the molecule is CCC1(CNC(=O)N2CCC(C(=O)O)C2)CCC1. The topological polar surface area (TPSA) is 69.6 Å². The quantitative estimate of drug-likeness (QED) is 0.802. The Labute approximate surface area is 108 Å². The smallest absolute Gasteiger partial charge is 0.317 e. The Morgan fingerprint density at radius 1 is 1.44 bits per heavy atom. The normalized spacial score (nSPS) is 25.6. The van der Waals surface area contributed by atoms with Gasteiger partial charge in [0.15, 0.2) is 0 Å². The zero-order valence-electron chi connectivity index (χ0n) is 10.9. The number of carboxylic acid groups (broad SMARTS) is 1. The predicted molar refractivity (Wildman–Crippen MR) is 67.3 cm³/mol. The second-order valence-electron chi connectivity index (χ2n) is 5.64. The number of hydrogen-bond donors (Lipinski definition) is 2. The van der Waals surface area contributed by atoms with Crippen LogP contribution in [0.15, 0.2) is 0 Å². The number of carbonyl (C=O) groups excluding carboxylic acids is 1. The summed E-state index contributed by atoms with van der Waals surface area (Å²) in [5.74, 6) is -1.19. The fraction of sp³-hybridized carbons (Fsp3) is 0.846. The molecule has 1 unspecified atom stereocenters. The van der Waals surface area contributed by atoms with Gasteiger partial charge in [0.25, 0.3) is 0 Å². The molecule has 1 heterocycles. The van der Waals surface area contributed by atoms with Gasteiger partial charge in [-0.2, -0.15) is 0 Å². The van der Waals surface area contributed by atoms with E-state index in [0.717, 1.165) is 13.0 Å². The van der Waals surface area contributed by atoms with Gasteiger partial charge >= 0.3 is 12.0 Å². The number of rotatable bonds is 4. The number of urea groups is 1. The van der Waals surface area contributed by atoms with Crippen LogP contribution in [0.1, 0.15) is 39.0 Å². The molecule has 1 aliphatic heterocycles. The largest absolute Gasteiger partial charge is 0.481 e. The summed E-state index contributed by atoms with van der Waals surface area (Å²) in [6, 6.07) is -0.0986. The Hall–Kier alpha value is -1.26. The molecule has 5 heteroatoms. The average Bonchev–Trinajstić information content (AvgIpc) is 2.77. The molecule has 18 heavy (non-hydrogen) atoms. The van der Waals surface area contributed by atoms with Crippen LogP contribution in [0, 0.1) is 11.3 Å². The van der Waals surface area contributed by atoms with Gasteiger partial charge in [-0.15, -0.1) is 0 Å². The molecule has 2 aliphatic rings. The van der Waals surface area contributed by atoms with Crippen LogP contribution < -0.4 is 5.32 Å². The van der Waals surface area contributed by atoms with Crippen LogP contribution in [-0.4, -0.2) is 41.6 Å². The van der Waals surface area contributed by atoms with Gasteiger partial charge in [0, 0.05) is 19.6 Å². The van der Waals surface area contributed by atoms with Gasteiger partial charge in [-0.1, -0.05) is 13.3 Å². The van der Waals surface area contributed by atoms with E-state index < -0.39 is 5.97 Å². The fourth-order valence-electron chi connectivity index (χ4n) is 2.85. The summed E-state index contributed by atoms with van der Waals surface area (Å²) in [6.07, 6.45) is 5.32. The molecule has 1 atom stereocenters. The molecule has 2 fully saturated rings. The third-order valence-corrected chi connectivity index (χ3v) is 4.60. The molecule has 2 rings (SSSR count). The number of carbonyl (C=O) groups is 2. The summed E-state index contributed by atoms with van der Waals surface area (Å²) < 4.78 is 0. The molecular formula is C13H22N2O3. The Morgan fingerprint density at radius 3 is 2.61 bits per heavy atom. The highest BCUT2D eigenvalue weighted by molar-refractivity contribution is 5.77. The van der Waals surface area contributed by atoms with Crippen molar-refractivity contribution in [3.8, 4) is 0 Å². The molecule has 102 valence electrons. The van der Waals surface area contributed by atoms with Gasteiger partial charge in [0.2, 0.25) is 0 Å². The van der Waals surface area contributed by atoms with Gasteiger partial charge in [-0.05, 0) is 31.1 Å². The third kappa shape index (κ3) is 2.60. The van der Waals surface area contributed by atoms with E-state index in [4.69, 9.17) is 5.11 Å². The molecule has 0 aromatic heterocycles. The van der Waals surface area contributed by atoms with Crippen molar-refractivity contribution < 1.29 is 14.7 Å². The first-order valence-electron chi connectivity index (χ1n) is 6.82. The van der Waals surface area contributed by atoms with Crippen LogP contribution in [0.25, 0.3) is 0 Å². The van der Waals surface area contributed by atoms with Crippen LogP contribution in [0.3, 0.4) is 0 Å². The molecule has 5 nitrogen and oxygen atoms in total. The van der Waals surface area contributed by atoms with E-state index in [2.05, 4.69) is 12.2 Å². The van der Waals surface area contributed by atoms with Gasteiger partial charge in [-0.25, -0.2) is 4.79 Å². The summed E-state index contributed by atoms with van der Waals surface area (Å²) in [6.45, 7) is 3.81. The molecule has 0 bridgehead atoms. The van der Waals surface area contributed by atoms with Crippen molar-refractivity contribution in [3.05, 3.63) is 0 Å². The number of amides is 2. The van der Waals surface area contributed by atoms with E-state index in [-0.39, 0.29) is 11.9 Å². The van der Waals surface area contributed by atoms with Crippen LogP contribution in [0.5, 0.6) is 0 Å². The first-order chi connectivity index (χ1) is 8.56. The Bertz CT molecular complexity index is 334. The summed E-state index contributed by atoms with van der Waals surface area (Å²) in [4.78, 5) is 24.4. The van der Waals surface area contributed by atoms with Crippen molar-refractivity contribution in [2.75, 3.05) is 19.6 Å². The summed E-state index contributed by atoms with van der Waals surface area (Å²) in [7, 11) is 0. The van der Waals surface area contributed by atoms with Gasteiger partial charge in [0.05, 0.1) is 5.92 Å². The van der Waals surface area contributed by atoms with E-state index >= 15 is 0 Å². The highest BCUT2D eigenvalue weighted by Gasteiger charge is 2.36. The van der Waals surface area contributed by atoms with Crippen LogP contribution >= 0.6 is 0 Å². The minimum Gasteiger partial charge on any atom is -0.481 e. The summed E-state index contributed by atoms with van der Waals surface area (Å²) in [5.41, 5.74) is 0.307. The van der Waals surface area contributed by atoms with Crippen LogP contribution in [0.4, 0.5) is 4.79 Å². The lowest BCUT2D eigenvalue weighted by atomic mass is 9.67. The highest BCUT2D eigenvalue weighted by Crippen LogP contribution is 2.43. The minimum absolute atomic E-state index is 0.0986. The zero-order chi connectivity index (χ0) is 13.2. The van der Waals surface area contributed by atoms with Crippen molar-refractivity contribution in [2.24, 2.45) is 11.3 Å². The van der Waals surface area contributed by atoms with Gasteiger partial charge in [0.1, 0.15) is 0 Å². The molecule has 0 aromatic rings. The monoisotopic (exact) mass is 254 g/mol. The number of carboxylic acids is 1. The molecular weight excluding hydrogens is 232 g/mol. The predicted octanol–water partition coefficient (Wildman–Crippen LogP) is 1.68. The molecule has 2 N–H and O–H groups in total. The van der Waals surface area contributed by atoms with Crippen molar-refractivity contribution in [1.82, 2.24) is 10.2 Å². The number of hydrogen-bond acceptors (Lipinski definition) is 2. The third-order valence-electron chi connectivity index (χ3n) is 4.60. The van der Waals surface area contributed by atoms with Crippen LogP contribution in [-0.2, 0) is 4.79 Å². The van der Waals surface area contributed by atoms with Crippen molar-refractivity contribution in [1.29, 1.82) is 0 Å². The first-order valence-corrected chi connectivity index (χ1v) is 6.82.